The van der Waals surface area contributed by atoms with Gasteiger partial charge in [0.1, 0.15) is 5.82 Å². The molecule has 108 valence electrons. The number of halogens is 2. The summed E-state index contributed by atoms with van der Waals surface area (Å²) >= 11 is 3.09. The molecule has 1 aromatic rings. The van der Waals surface area contributed by atoms with Gasteiger partial charge in [-0.1, -0.05) is 28.6 Å². The Kier molecular flexibility index (Phi) is 6.17. The van der Waals surface area contributed by atoms with Gasteiger partial charge < -0.3 is 16.0 Å². The lowest BCUT2D eigenvalue weighted by Gasteiger charge is -2.12. The normalized spacial score (nSPS) is 9.75. The average molecular weight is 344 g/mol. The molecule has 5 nitrogen and oxygen atoms in total. The fourth-order valence-corrected chi connectivity index (χ4v) is 1.59. The highest BCUT2D eigenvalue weighted by Gasteiger charge is 2.17. The molecule has 0 unspecified atom stereocenters. The van der Waals surface area contributed by atoms with Crippen molar-refractivity contribution in [3.8, 4) is 0 Å². The molecule has 0 heterocycles. The van der Waals surface area contributed by atoms with Gasteiger partial charge in [0.2, 0.25) is 0 Å². The second-order valence-electron chi connectivity index (χ2n) is 3.85. The fourth-order valence-electron chi connectivity index (χ4n) is 1.45. The van der Waals surface area contributed by atoms with Crippen molar-refractivity contribution < 1.29 is 14.0 Å². The molecule has 0 aromatic heterocycles. The first-order valence-corrected chi connectivity index (χ1v) is 6.69. The van der Waals surface area contributed by atoms with Crippen molar-refractivity contribution in [3.63, 3.8) is 0 Å². The van der Waals surface area contributed by atoms with Gasteiger partial charge in [-0.15, -0.1) is 0 Å². The summed E-state index contributed by atoms with van der Waals surface area (Å²) in [6, 6.07) is 3.52. The van der Waals surface area contributed by atoms with Crippen molar-refractivity contribution in [2.45, 2.75) is 6.92 Å². The standard InChI is InChI=1S/C13H15BrFN3O2/c1-3-16-13(20)18-10-6-4-5-9(15)11(10)12(19)17-7-8(2)14/h4-6H,2-3,7H2,1H3,(H,17,19)(H2,16,18,20). The quantitative estimate of drug-likeness (QED) is 0.769. The number of urea groups is 1. The highest BCUT2D eigenvalue weighted by Crippen LogP contribution is 2.19. The summed E-state index contributed by atoms with van der Waals surface area (Å²) in [6.07, 6.45) is 0. The summed E-state index contributed by atoms with van der Waals surface area (Å²) in [6.45, 7) is 5.90. The van der Waals surface area contributed by atoms with E-state index in [1.807, 2.05) is 0 Å². The Morgan fingerprint density at radius 1 is 1.35 bits per heavy atom. The summed E-state index contributed by atoms with van der Waals surface area (Å²) in [5.74, 6) is -1.34. The van der Waals surface area contributed by atoms with Gasteiger partial charge in [-0.05, 0) is 19.1 Å². The Morgan fingerprint density at radius 2 is 2.05 bits per heavy atom. The lowest BCUT2D eigenvalue weighted by Crippen LogP contribution is -2.31. The minimum atomic E-state index is -0.711. The zero-order valence-corrected chi connectivity index (χ0v) is 12.5. The summed E-state index contributed by atoms with van der Waals surface area (Å²) in [5, 5.41) is 7.43. The highest BCUT2D eigenvalue weighted by atomic mass is 79.9. The third kappa shape index (κ3) is 4.65. The van der Waals surface area contributed by atoms with Crippen LogP contribution < -0.4 is 16.0 Å². The molecule has 0 spiro atoms. The maximum atomic E-state index is 13.8. The highest BCUT2D eigenvalue weighted by molar-refractivity contribution is 9.11. The monoisotopic (exact) mass is 343 g/mol. The number of hydrogen-bond acceptors (Lipinski definition) is 2. The molecule has 0 radical (unpaired) electrons. The average Bonchev–Trinajstić information content (AvgIpc) is 2.36. The molecule has 20 heavy (non-hydrogen) atoms. The Morgan fingerprint density at radius 3 is 2.65 bits per heavy atom. The minimum Gasteiger partial charge on any atom is -0.347 e. The molecule has 0 saturated carbocycles. The van der Waals surface area contributed by atoms with Crippen molar-refractivity contribution in [2.75, 3.05) is 18.4 Å². The van der Waals surface area contributed by atoms with E-state index in [9.17, 15) is 14.0 Å². The minimum absolute atomic E-state index is 0.105. The molecule has 1 aromatic carbocycles. The molecule has 0 aliphatic carbocycles. The third-order valence-electron chi connectivity index (χ3n) is 2.27. The summed E-state index contributed by atoms with van der Waals surface area (Å²) in [4.78, 5) is 23.4. The van der Waals surface area contributed by atoms with Crippen LogP contribution in [-0.2, 0) is 0 Å². The van der Waals surface area contributed by atoms with Gasteiger partial charge in [-0.3, -0.25) is 4.79 Å². The Balaban J connectivity index is 2.95. The molecule has 0 aliphatic rings. The molecule has 3 amide bonds. The zero-order chi connectivity index (χ0) is 15.1. The van der Waals surface area contributed by atoms with E-state index < -0.39 is 17.8 Å². The fraction of sp³-hybridized carbons (Fsp3) is 0.231. The maximum absolute atomic E-state index is 13.8. The van der Waals surface area contributed by atoms with Gasteiger partial charge in [0.15, 0.2) is 0 Å². The molecule has 1 rings (SSSR count). The molecule has 3 N–H and O–H groups in total. The summed E-state index contributed by atoms with van der Waals surface area (Å²) < 4.78 is 14.4. The molecule has 0 fully saturated rings. The number of hydrogen-bond donors (Lipinski definition) is 3. The second-order valence-corrected chi connectivity index (χ2v) is 4.97. The van der Waals surface area contributed by atoms with Crippen molar-refractivity contribution >= 4 is 33.6 Å². The van der Waals surface area contributed by atoms with Crippen LogP contribution in [0.4, 0.5) is 14.9 Å². The van der Waals surface area contributed by atoms with Gasteiger partial charge in [0, 0.05) is 17.6 Å². The first-order valence-electron chi connectivity index (χ1n) is 5.90. The number of benzene rings is 1. The van der Waals surface area contributed by atoms with Crippen LogP contribution >= 0.6 is 15.9 Å². The van der Waals surface area contributed by atoms with E-state index >= 15 is 0 Å². The Bertz CT molecular complexity index is 534. The van der Waals surface area contributed by atoms with Gasteiger partial charge in [0.05, 0.1) is 11.3 Å². The molecule has 7 heteroatoms. The van der Waals surface area contributed by atoms with E-state index in [0.717, 1.165) is 6.07 Å². The van der Waals surface area contributed by atoms with E-state index in [-0.39, 0.29) is 17.8 Å². The second kappa shape index (κ2) is 7.64. The molecule has 0 aliphatic heterocycles. The number of carbonyl (C=O) groups excluding carboxylic acids is 2. The first kappa shape index (κ1) is 16.2. The number of anilines is 1. The van der Waals surface area contributed by atoms with Gasteiger partial charge in [-0.25, -0.2) is 9.18 Å². The number of carbonyl (C=O) groups is 2. The third-order valence-corrected chi connectivity index (χ3v) is 2.55. The van der Waals surface area contributed by atoms with Crippen LogP contribution in [0.5, 0.6) is 0 Å². The smallest absolute Gasteiger partial charge is 0.319 e. The van der Waals surface area contributed by atoms with Gasteiger partial charge >= 0.3 is 6.03 Å². The predicted octanol–water partition coefficient (Wildman–Crippen LogP) is 2.61. The van der Waals surface area contributed by atoms with Crippen LogP contribution in [-0.4, -0.2) is 25.0 Å². The lowest BCUT2D eigenvalue weighted by molar-refractivity contribution is 0.0954. The van der Waals surface area contributed by atoms with E-state index in [4.69, 9.17) is 0 Å². The Labute approximate surface area is 124 Å². The van der Waals surface area contributed by atoms with Crippen LogP contribution in [0.2, 0.25) is 0 Å². The molecule has 0 saturated heterocycles. The van der Waals surface area contributed by atoms with Crippen LogP contribution in [0.1, 0.15) is 17.3 Å². The van der Waals surface area contributed by atoms with Crippen molar-refractivity contribution in [1.29, 1.82) is 0 Å². The summed E-state index contributed by atoms with van der Waals surface area (Å²) in [7, 11) is 0. The van der Waals surface area contributed by atoms with E-state index in [1.165, 1.54) is 12.1 Å². The Hall–Kier alpha value is -1.89. The molecular formula is C13H15BrFN3O2. The zero-order valence-electron chi connectivity index (χ0n) is 10.9. The number of amides is 3. The van der Waals surface area contributed by atoms with E-state index in [2.05, 4.69) is 38.5 Å². The van der Waals surface area contributed by atoms with Crippen LogP contribution in [0, 0.1) is 5.82 Å². The first-order chi connectivity index (χ1) is 9.45. The van der Waals surface area contributed by atoms with E-state index in [1.54, 1.807) is 6.92 Å². The lowest BCUT2D eigenvalue weighted by atomic mass is 10.1. The molecular weight excluding hydrogens is 329 g/mol. The maximum Gasteiger partial charge on any atom is 0.319 e. The van der Waals surface area contributed by atoms with Crippen LogP contribution in [0.15, 0.2) is 29.3 Å². The van der Waals surface area contributed by atoms with E-state index in [0.29, 0.717) is 11.0 Å². The summed E-state index contributed by atoms with van der Waals surface area (Å²) in [5.41, 5.74) is -0.110. The number of rotatable bonds is 5. The number of nitrogens with one attached hydrogen (secondary N) is 3. The topological polar surface area (TPSA) is 70.2 Å². The molecule has 0 atom stereocenters. The SMILES string of the molecule is C=C(Br)CNC(=O)c1c(F)cccc1NC(=O)NCC. The van der Waals surface area contributed by atoms with Crippen LogP contribution in [0.25, 0.3) is 0 Å². The van der Waals surface area contributed by atoms with Crippen molar-refractivity contribution in [2.24, 2.45) is 0 Å². The molecule has 0 bridgehead atoms. The largest absolute Gasteiger partial charge is 0.347 e. The predicted molar refractivity (Wildman–Crippen MR) is 79.5 cm³/mol. The van der Waals surface area contributed by atoms with Gasteiger partial charge in [0.25, 0.3) is 5.91 Å². The van der Waals surface area contributed by atoms with Crippen molar-refractivity contribution in [3.05, 3.63) is 40.6 Å². The van der Waals surface area contributed by atoms with Gasteiger partial charge in [-0.2, -0.15) is 0 Å². The van der Waals surface area contributed by atoms with Crippen LogP contribution in [0.3, 0.4) is 0 Å². The van der Waals surface area contributed by atoms with Crippen molar-refractivity contribution in [1.82, 2.24) is 10.6 Å².